The summed E-state index contributed by atoms with van der Waals surface area (Å²) >= 11 is 0. The van der Waals surface area contributed by atoms with Gasteiger partial charge in [0.25, 0.3) is 0 Å². The predicted octanol–water partition coefficient (Wildman–Crippen LogP) is 31.4. The second kappa shape index (κ2) is 32.3. The van der Waals surface area contributed by atoms with E-state index in [9.17, 15) is 52.7 Å². The van der Waals surface area contributed by atoms with Crippen LogP contribution in [0.15, 0.2) is 334 Å². The fraction of sp³-hybridized carbons (Fsp3) is 0.0680. The van der Waals surface area contributed by atoms with Crippen LogP contribution in [0.25, 0.3) is 190 Å². The molecule has 8 nitrogen and oxygen atoms in total. The van der Waals surface area contributed by atoms with Gasteiger partial charge in [-0.2, -0.15) is 92.2 Å². The summed E-state index contributed by atoms with van der Waals surface area (Å²) in [5.41, 5.74) is -7.87. The maximum absolute atomic E-state index is 15.4. The topological polar surface area (TPSA) is 87.2 Å². The summed E-state index contributed by atoms with van der Waals surface area (Å²) in [4.78, 5) is 30.1. The van der Waals surface area contributed by atoms with E-state index in [1.54, 1.807) is 209 Å². The Hall–Kier alpha value is -15.6. The molecule has 4 heterocycles. The van der Waals surface area contributed by atoms with E-state index in [2.05, 4.69) is 0 Å². The molecule has 0 aliphatic carbocycles. The first-order chi connectivity index (χ1) is 62.8. The lowest BCUT2D eigenvalue weighted by Gasteiger charge is -2.19. The Bertz CT molecular complexity index is 7500. The van der Waals surface area contributed by atoms with Gasteiger partial charge in [-0.25, -0.2) is 29.9 Å². The standard InChI is InChI=1S/C103H55F21N8/c104-97(105,106)69-32-24-56(25-33-69)61-26-40-87-78(47-61)79-48-64(73-37-34-70(98(107,108)109)53-82(73)101(116,117)118)27-41-88(79)131(87)85-44-30-67(95-127-91(57-14-5-1-6-15-57)125-92(128-95)58-16-7-2-8-17-58)51-76(85)62-22-13-23-63(46-62)77-52-68(96-129-93(59-18-9-3-10-19-59)126-94(130-96)60-20-11-4-12-21-60)31-45-86(77)132-89-42-28-65(74-38-35-71(99(110,111)112)54-83(74)102(119,120)121)49-80(89)81-50-66(29-43-90(81)132)75-39-36-72(100(113,114)115)55-84(75)103(122,123)124/h1-55H. The van der Waals surface area contributed by atoms with Crippen molar-refractivity contribution in [3.63, 3.8) is 0 Å². The third kappa shape index (κ3) is 16.4. The van der Waals surface area contributed by atoms with E-state index in [1.807, 2.05) is 0 Å². The predicted molar refractivity (Wildman–Crippen MR) is 462 cm³/mol. The molecule has 0 saturated carbocycles. The highest BCUT2D eigenvalue weighted by Gasteiger charge is 2.43. The molecule has 0 aliphatic rings. The van der Waals surface area contributed by atoms with Crippen LogP contribution in [0.4, 0.5) is 92.2 Å². The number of alkyl halides is 21. The van der Waals surface area contributed by atoms with Crippen LogP contribution in [0.1, 0.15) is 38.9 Å². The quantitative estimate of drug-likeness (QED) is 0.101. The molecule has 0 atom stereocenters. The lowest BCUT2D eigenvalue weighted by atomic mass is 9.94. The van der Waals surface area contributed by atoms with Crippen LogP contribution < -0.4 is 0 Å². The average molecular weight is 1800 g/mol. The molecule has 0 amide bonds. The van der Waals surface area contributed by atoms with E-state index >= 15 is 39.5 Å². The molecule has 0 fully saturated rings. The van der Waals surface area contributed by atoms with Crippen molar-refractivity contribution in [2.45, 2.75) is 43.2 Å². The highest BCUT2D eigenvalue weighted by Crippen LogP contribution is 2.51. The Morgan fingerprint density at radius 2 is 0.394 bits per heavy atom. The summed E-state index contributed by atoms with van der Waals surface area (Å²) in [7, 11) is 0. The van der Waals surface area contributed by atoms with Crippen LogP contribution in [-0.2, 0) is 43.2 Å². The van der Waals surface area contributed by atoms with Gasteiger partial charge >= 0.3 is 43.2 Å². The molecule has 15 aromatic carbocycles. The van der Waals surface area contributed by atoms with Crippen molar-refractivity contribution in [2.75, 3.05) is 0 Å². The maximum atomic E-state index is 15.4. The Balaban J connectivity index is 0.897. The maximum Gasteiger partial charge on any atom is 0.417 e. The summed E-state index contributed by atoms with van der Waals surface area (Å²) in [6, 6.07) is 76.7. The zero-order chi connectivity index (χ0) is 92.5. The van der Waals surface area contributed by atoms with Crippen LogP contribution in [0.3, 0.4) is 0 Å². The number of rotatable bonds is 14. The van der Waals surface area contributed by atoms with Crippen LogP contribution in [0.5, 0.6) is 0 Å². The first-order valence-corrected chi connectivity index (χ1v) is 40.2. The zero-order valence-electron chi connectivity index (χ0n) is 67.3. The summed E-state index contributed by atoms with van der Waals surface area (Å²) in [5.74, 6) is 1.10. The molecule has 0 bridgehead atoms. The van der Waals surface area contributed by atoms with Gasteiger partial charge in [0.05, 0.1) is 72.4 Å². The summed E-state index contributed by atoms with van der Waals surface area (Å²) in [6.07, 6.45) is -36.7. The van der Waals surface area contributed by atoms with Gasteiger partial charge in [0.2, 0.25) is 0 Å². The minimum atomic E-state index is -5.43. The largest absolute Gasteiger partial charge is 0.417 e. The number of hydrogen-bond donors (Lipinski definition) is 0. The highest BCUT2D eigenvalue weighted by atomic mass is 19.4. The third-order valence-corrected chi connectivity index (χ3v) is 22.8. The van der Waals surface area contributed by atoms with Crippen molar-refractivity contribution in [3.8, 4) is 146 Å². The fourth-order valence-electron chi connectivity index (χ4n) is 16.7. The van der Waals surface area contributed by atoms with Gasteiger partial charge in [-0.15, -0.1) is 0 Å². The van der Waals surface area contributed by atoms with Crippen molar-refractivity contribution in [1.82, 2.24) is 39.0 Å². The van der Waals surface area contributed by atoms with E-state index in [-0.39, 0.29) is 125 Å². The monoisotopic (exact) mass is 1800 g/mol. The molecular formula is C103H55F21N8. The van der Waals surface area contributed by atoms with E-state index in [0.717, 1.165) is 12.1 Å². The van der Waals surface area contributed by atoms with Gasteiger partial charge in [0.15, 0.2) is 34.9 Å². The Kier molecular flexibility index (Phi) is 21.0. The van der Waals surface area contributed by atoms with E-state index < -0.39 is 98.9 Å². The van der Waals surface area contributed by atoms with Crippen molar-refractivity contribution >= 4 is 43.6 Å². The summed E-state index contributed by atoms with van der Waals surface area (Å²) in [5, 5.41) is 0.411. The Morgan fingerprint density at radius 3 is 0.674 bits per heavy atom. The molecule has 0 aliphatic heterocycles. The molecule has 0 N–H and O–H groups in total. The highest BCUT2D eigenvalue weighted by molar-refractivity contribution is 6.14. The van der Waals surface area contributed by atoms with Gasteiger partial charge in [-0.1, -0.05) is 194 Å². The van der Waals surface area contributed by atoms with Crippen LogP contribution >= 0.6 is 0 Å². The van der Waals surface area contributed by atoms with Crippen molar-refractivity contribution in [2.24, 2.45) is 0 Å². The molecule has 0 spiro atoms. The smallest absolute Gasteiger partial charge is 0.309 e. The van der Waals surface area contributed by atoms with Gasteiger partial charge in [0, 0.05) is 66.1 Å². The lowest BCUT2D eigenvalue weighted by molar-refractivity contribution is -0.144. The first kappa shape index (κ1) is 85.9. The fourth-order valence-corrected chi connectivity index (χ4v) is 16.7. The minimum absolute atomic E-state index is 0.0105. The first-order valence-electron chi connectivity index (χ1n) is 40.2. The minimum Gasteiger partial charge on any atom is -0.309 e. The summed E-state index contributed by atoms with van der Waals surface area (Å²) < 4.78 is 313. The second-order valence-corrected chi connectivity index (χ2v) is 31.1. The van der Waals surface area contributed by atoms with Crippen molar-refractivity contribution in [1.29, 1.82) is 0 Å². The van der Waals surface area contributed by atoms with E-state index in [1.165, 1.54) is 66.7 Å². The molecule has 4 aromatic heterocycles. The molecule has 132 heavy (non-hydrogen) atoms. The number of nitrogens with zero attached hydrogens (tertiary/aromatic N) is 8. The third-order valence-electron chi connectivity index (χ3n) is 22.8. The molecule has 19 rings (SSSR count). The number of aromatic nitrogens is 8. The SMILES string of the molecule is FC(F)(F)c1ccc(-c2ccc3c(c2)c2cc(-c4ccc(C(F)(F)F)cc4C(F)(F)F)ccc2n3-c2ccc(-c3nc(-c4ccccc4)nc(-c4ccccc4)n3)cc2-c2cccc(-c3cc(-c4nc(-c5ccccc5)nc(-c5ccccc5)n4)ccc3-n3c4ccc(-c5ccc(C(F)(F)F)cc5C(F)(F)F)cc4c4cc(-c5ccc(C(F)(F)F)cc5C(F)(F)F)ccc43)c2)cc1. The number of benzene rings is 15. The Morgan fingerprint density at radius 1 is 0.159 bits per heavy atom. The van der Waals surface area contributed by atoms with Gasteiger partial charge in [0.1, 0.15) is 0 Å². The number of halogens is 21. The summed E-state index contributed by atoms with van der Waals surface area (Å²) in [6.45, 7) is 0. The normalized spacial score (nSPS) is 12.6. The van der Waals surface area contributed by atoms with Crippen molar-refractivity contribution in [3.05, 3.63) is 373 Å². The Labute approximate surface area is 733 Å². The van der Waals surface area contributed by atoms with Crippen LogP contribution in [-0.4, -0.2) is 39.0 Å². The van der Waals surface area contributed by atoms with E-state index in [4.69, 9.17) is 29.9 Å². The van der Waals surface area contributed by atoms with Crippen LogP contribution in [0.2, 0.25) is 0 Å². The van der Waals surface area contributed by atoms with E-state index in [0.29, 0.717) is 103 Å². The molecule has 19 aromatic rings. The number of fused-ring (bicyclic) bond motifs is 6. The van der Waals surface area contributed by atoms with Gasteiger partial charge in [-0.3, -0.25) is 0 Å². The van der Waals surface area contributed by atoms with Gasteiger partial charge in [-0.05, 0) is 195 Å². The van der Waals surface area contributed by atoms with Gasteiger partial charge < -0.3 is 9.13 Å². The second-order valence-electron chi connectivity index (χ2n) is 31.1. The molecule has 29 heteroatoms. The molecular weight excluding hydrogens is 1750 g/mol. The molecule has 0 saturated heterocycles. The average Bonchev–Trinajstić information content (AvgIpc) is 1.57. The molecule has 0 unspecified atom stereocenters. The molecule has 654 valence electrons. The van der Waals surface area contributed by atoms with Crippen LogP contribution in [0, 0.1) is 0 Å². The molecule has 0 radical (unpaired) electrons. The number of hydrogen-bond acceptors (Lipinski definition) is 6. The van der Waals surface area contributed by atoms with Crippen molar-refractivity contribution < 1.29 is 92.2 Å². The zero-order valence-corrected chi connectivity index (χ0v) is 67.3. The lowest BCUT2D eigenvalue weighted by Crippen LogP contribution is -2.12.